The zero-order valence-corrected chi connectivity index (χ0v) is 14.8. The zero-order valence-electron chi connectivity index (χ0n) is 14.8. The summed E-state index contributed by atoms with van der Waals surface area (Å²) in [7, 11) is 1.66. The smallest absolute Gasteiger partial charge is 0.272 e. The molecule has 0 N–H and O–H groups in total. The highest BCUT2D eigenvalue weighted by Gasteiger charge is 2.41. The van der Waals surface area contributed by atoms with Crippen molar-refractivity contribution in [3.63, 3.8) is 0 Å². The van der Waals surface area contributed by atoms with Gasteiger partial charge in [-0.1, -0.05) is 13.8 Å². The van der Waals surface area contributed by atoms with E-state index in [2.05, 4.69) is 18.9 Å². The molecular weight excluding hydrogens is 294 g/mol. The van der Waals surface area contributed by atoms with Gasteiger partial charge in [0.25, 0.3) is 5.91 Å². The molecule has 23 heavy (non-hydrogen) atoms. The monoisotopic (exact) mass is 321 g/mol. The third kappa shape index (κ3) is 3.02. The maximum absolute atomic E-state index is 13.0. The normalized spacial score (nSPS) is 25.9. The maximum atomic E-state index is 13.0. The number of nitrogens with zero attached hydrogens (tertiary/aromatic N) is 3. The van der Waals surface area contributed by atoms with Gasteiger partial charge in [0.05, 0.1) is 31.1 Å². The lowest BCUT2D eigenvalue weighted by molar-refractivity contribution is -0.00740. The summed E-state index contributed by atoms with van der Waals surface area (Å²) in [4.78, 5) is 15.0. The molecule has 3 rings (SSSR count). The van der Waals surface area contributed by atoms with Crippen LogP contribution in [0, 0.1) is 5.41 Å². The second-order valence-electron chi connectivity index (χ2n) is 7.55. The second kappa shape index (κ2) is 5.91. The van der Waals surface area contributed by atoms with Crippen molar-refractivity contribution in [1.82, 2.24) is 14.7 Å². The Kier molecular flexibility index (Phi) is 4.23. The fourth-order valence-corrected chi connectivity index (χ4v) is 3.65. The van der Waals surface area contributed by atoms with E-state index in [9.17, 15) is 4.79 Å². The van der Waals surface area contributed by atoms with Crippen molar-refractivity contribution in [2.24, 2.45) is 5.41 Å². The number of ether oxygens (including phenoxy) is 2. The van der Waals surface area contributed by atoms with Gasteiger partial charge in [-0.25, -0.2) is 0 Å². The van der Waals surface area contributed by atoms with Crippen LogP contribution in [0.3, 0.4) is 0 Å². The number of methoxy groups -OCH3 is 1. The zero-order chi connectivity index (χ0) is 16.8. The minimum atomic E-state index is -0.0723. The molecule has 1 amide bonds. The highest BCUT2D eigenvalue weighted by molar-refractivity contribution is 5.95. The van der Waals surface area contributed by atoms with Crippen LogP contribution in [-0.2, 0) is 22.4 Å². The van der Waals surface area contributed by atoms with Gasteiger partial charge in [0, 0.05) is 32.2 Å². The maximum Gasteiger partial charge on any atom is 0.272 e. The number of amides is 1. The van der Waals surface area contributed by atoms with Crippen molar-refractivity contribution in [2.45, 2.75) is 52.9 Å². The molecule has 0 aliphatic carbocycles. The summed E-state index contributed by atoms with van der Waals surface area (Å²) in [5, 5.41) is 4.67. The predicted molar refractivity (Wildman–Crippen MR) is 86.5 cm³/mol. The fourth-order valence-electron chi connectivity index (χ4n) is 3.65. The average Bonchev–Trinajstić information content (AvgIpc) is 2.80. The predicted octanol–water partition coefficient (Wildman–Crippen LogP) is 2.03. The lowest BCUT2D eigenvalue weighted by Crippen LogP contribution is -2.55. The third-order valence-electron chi connectivity index (χ3n) is 4.63. The Hall–Kier alpha value is -1.40. The van der Waals surface area contributed by atoms with Crippen LogP contribution in [0.2, 0.25) is 0 Å². The van der Waals surface area contributed by atoms with Crippen molar-refractivity contribution >= 4 is 5.91 Å². The number of rotatable bonds is 4. The first-order valence-electron chi connectivity index (χ1n) is 8.35. The van der Waals surface area contributed by atoms with Crippen LogP contribution in [0.5, 0.6) is 0 Å². The van der Waals surface area contributed by atoms with Crippen LogP contribution < -0.4 is 0 Å². The van der Waals surface area contributed by atoms with Gasteiger partial charge in [-0.3, -0.25) is 9.48 Å². The van der Waals surface area contributed by atoms with Crippen molar-refractivity contribution < 1.29 is 14.3 Å². The molecule has 3 heterocycles. The van der Waals surface area contributed by atoms with Gasteiger partial charge >= 0.3 is 0 Å². The van der Waals surface area contributed by atoms with Crippen LogP contribution in [0.1, 0.15) is 55.5 Å². The van der Waals surface area contributed by atoms with Crippen LogP contribution in [-0.4, -0.2) is 53.5 Å². The molecule has 128 valence electrons. The number of aromatic nitrogens is 2. The molecule has 0 spiro atoms. The molecule has 2 atom stereocenters. The van der Waals surface area contributed by atoms with E-state index in [-0.39, 0.29) is 23.5 Å². The van der Waals surface area contributed by atoms with Crippen LogP contribution >= 0.6 is 0 Å². The van der Waals surface area contributed by atoms with Crippen LogP contribution in [0.15, 0.2) is 0 Å². The summed E-state index contributed by atoms with van der Waals surface area (Å²) < 4.78 is 12.9. The van der Waals surface area contributed by atoms with Gasteiger partial charge in [-0.2, -0.15) is 5.10 Å². The highest BCUT2D eigenvalue weighted by Crippen LogP contribution is 2.35. The van der Waals surface area contributed by atoms with Crippen molar-refractivity contribution in [1.29, 1.82) is 0 Å². The Bertz CT molecular complexity index is 600. The first kappa shape index (κ1) is 16.5. The number of likely N-dealkylation sites (tertiary alicyclic amines) is 1. The van der Waals surface area contributed by atoms with Gasteiger partial charge in [0.15, 0.2) is 0 Å². The molecule has 1 aromatic rings. The molecule has 6 nitrogen and oxygen atoms in total. The second-order valence-corrected chi connectivity index (χ2v) is 7.55. The molecule has 0 aromatic carbocycles. The van der Waals surface area contributed by atoms with Gasteiger partial charge in [0.2, 0.25) is 0 Å². The Balaban J connectivity index is 1.94. The molecule has 6 heteroatoms. The van der Waals surface area contributed by atoms with E-state index >= 15 is 0 Å². The highest BCUT2D eigenvalue weighted by atomic mass is 16.5. The lowest BCUT2D eigenvalue weighted by Gasteiger charge is -2.45. The molecule has 2 aliphatic rings. The van der Waals surface area contributed by atoms with Crippen LogP contribution in [0.25, 0.3) is 0 Å². The van der Waals surface area contributed by atoms with Crippen molar-refractivity contribution in [3.05, 3.63) is 17.0 Å². The Morgan fingerprint density at radius 3 is 2.70 bits per heavy atom. The lowest BCUT2D eigenvalue weighted by atomic mass is 9.84. The van der Waals surface area contributed by atoms with E-state index < -0.39 is 0 Å². The summed E-state index contributed by atoms with van der Waals surface area (Å²) in [6.45, 7) is 11.2. The molecular formula is C17H27N3O3. The first-order valence-corrected chi connectivity index (χ1v) is 8.35. The topological polar surface area (TPSA) is 56.6 Å². The molecule has 0 unspecified atom stereocenters. The molecule has 2 aliphatic heterocycles. The third-order valence-corrected chi connectivity index (χ3v) is 4.63. The van der Waals surface area contributed by atoms with Gasteiger partial charge in [0.1, 0.15) is 5.69 Å². The summed E-state index contributed by atoms with van der Waals surface area (Å²) >= 11 is 0. The van der Waals surface area contributed by atoms with E-state index in [1.54, 1.807) is 7.11 Å². The summed E-state index contributed by atoms with van der Waals surface area (Å²) in [6, 6.07) is 0. The van der Waals surface area contributed by atoms with Crippen molar-refractivity contribution in [2.75, 3.05) is 26.8 Å². The minimum Gasteiger partial charge on any atom is -0.383 e. The number of hydrogen-bond acceptors (Lipinski definition) is 4. The summed E-state index contributed by atoms with van der Waals surface area (Å²) in [5.41, 5.74) is 2.91. The fraction of sp³-hybridized carbons (Fsp3) is 0.765. The average molecular weight is 321 g/mol. The quantitative estimate of drug-likeness (QED) is 0.851. The van der Waals surface area contributed by atoms with E-state index in [1.807, 2.05) is 23.4 Å². The molecule has 0 saturated carbocycles. The van der Waals surface area contributed by atoms with E-state index in [0.717, 1.165) is 36.5 Å². The van der Waals surface area contributed by atoms with Gasteiger partial charge in [-0.15, -0.1) is 0 Å². The molecule has 0 radical (unpaired) electrons. The van der Waals surface area contributed by atoms with Gasteiger partial charge in [-0.05, 0) is 19.3 Å². The molecule has 1 fully saturated rings. The van der Waals surface area contributed by atoms with Crippen molar-refractivity contribution in [3.8, 4) is 0 Å². The molecule has 1 saturated heterocycles. The SMILES string of the molecule is COCCn1nc2c(c1C(=O)N1CC(C)(C)C1)C[C@H](C)O[C@@H]2C. The van der Waals surface area contributed by atoms with Crippen LogP contribution in [0.4, 0.5) is 0 Å². The van der Waals surface area contributed by atoms with Gasteiger partial charge < -0.3 is 14.4 Å². The molecule has 0 bridgehead atoms. The number of carbonyl (C=O) groups excluding carboxylic acids is 1. The van der Waals surface area contributed by atoms with E-state index in [1.165, 1.54) is 0 Å². The largest absolute Gasteiger partial charge is 0.383 e. The number of hydrogen-bond donors (Lipinski definition) is 0. The van der Waals surface area contributed by atoms with E-state index in [0.29, 0.717) is 13.2 Å². The Morgan fingerprint density at radius 1 is 1.39 bits per heavy atom. The summed E-state index contributed by atoms with van der Waals surface area (Å²) in [6.07, 6.45) is 0.777. The first-order chi connectivity index (χ1) is 10.8. The molecule has 1 aromatic heterocycles. The standard InChI is InChI=1S/C17H27N3O3/c1-11-8-13-14(12(2)23-11)18-20(6-7-22-5)15(13)16(21)19-9-17(3,4)10-19/h11-12H,6-10H2,1-5H3/t11-,12+/m0/s1. The Labute approximate surface area is 137 Å². The van der Waals surface area contributed by atoms with E-state index in [4.69, 9.17) is 9.47 Å². The number of fused-ring (bicyclic) bond motifs is 1. The number of carbonyl (C=O) groups is 1. The summed E-state index contributed by atoms with van der Waals surface area (Å²) in [5.74, 6) is 0.0930. The minimum absolute atomic E-state index is 0.0723. The Morgan fingerprint density at radius 2 is 2.09 bits per heavy atom.